The van der Waals surface area contributed by atoms with Gasteiger partial charge in [-0.15, -0.1) is 0 Å². The highest BCUT2D eigenvalue weighted by atomic mass is 19.1. The summed E-state index contributed by atoms with van der Waals surface area (Å²) in [6.45, 7) is 0.756. The van der Waals surface area contributed by atoms with Crippen LogP contribution in [0.15, 0.2) is 30.5 Å². The zero-order chi connectivity index (χ0) is 11.7. The molecule has 1 saturated carbocycles. The Hall–Kier alpha value is -1.35. The second-order valence-electron chi connectivity index (χ2n) is 4.83. The Morgan fingerprint density at radius 1 is 1.29 bits per heavy atom. The molecular formula is C14H17FN2. The third kappa shape index (κ3) is 2.20. The molecule has 1 aliphatic rings. The molecule has 0 aliphatic heterocycles. The maximum absolute atomic E-state index is 13.4. The van der Waals surface area contributed by atoms with Gasteiger partial charge in [-0.1, -0.05) is 6.07 Å². The van der Waals surface area contributed by atoms with Crippen molar-refractivity contribution in [2.45, 2.75) is 38.0 Å². The summed E-state index contributed by atoms with van der Waals surface area (Å²) in [5.74, 6) is 0. The first-order valence-electron chi connectivity index (χ1n) is 6.26. The number of alkyl halides is 1. The van der Waals surface area contributed by atoms with E-state index in [1.165, 1.54) is 10.9 Å². The minimum atomic E-state index is -0.661. The summed E-state index contributed by atoms with van der Waals surface area (Å²) in [7, 11) is 0. The van der Waals surface area contributed by atoms with Crippen LogP contribution in [0, 0.1) is 0 Å². The van der Waals surface area contributed by atoms with Gasteiger partial charge in [-0.05, 0) is 48.4 Å². The minimum Gasteiger partial charge on any atom is -0.361 e. The zero-order valence-electron chi connectivity index (χ0n) is 9.75. The van der Waals surface area contributed by atoms with Crippen LogP contribution in [0.5, 0.6) is 0 Å². The smallest absolute Gasteiger partial charge is 0.115 e. The van der Waals surface area contributed by atoms with Crippen LogP contribution in [0.1, 0.15) is 24.8 Å². The number of H-pyrrole nitrogens is 1. The van der Waals surface area contributed by atoms with Crippen molar-refractivity contribution in [2.75, 3.05) is 0 Å². The largest absolute Gasteiger partial charge is 0.361 e. The summed E-state index contributed by atoms with van der Waals surface area (Å²) in [5, 5.41) is 4.53. The van der Waals surface area contributed by atoms with Crippen molar-refractivity contribution in [1.82, 2.24) is 10.3 Å². The minimum absolute atomic E-state index is 0.0527. The van der Waals surface area contributed by atoms with Gasteiger partial charge < -0.3 is 10.3 Å². The summed E-state index contributed by atoms with van der Waals surface area (Å²) >= 11 is 0. The number of halogens is 1. The van der Waals surface area contributed by atoms with Crippen LogP contribution >= 0.6 is 0 Å². The zero-order valence-corrected chi connectivity index (χ0v) is 9.75. The van der Waals surface area contributed by atoms with Crippen molar-refractivity contribution >= 4 is 10.9 Å². The molecule has 2 unspecified atom stereocenters. The second-order valence-corrected chi connectivity index (χ2v) is 4.83. The molecular weight excluding hydrogens is 215 g/mol. The van der Waals surface area contributed by atoms with Crippen LogP contribution in [0.25, 0.3) is 10.9 Å². The predicted octanol–water partition coefficient (Wildman–Crippen LogP) is 3.15. The van der Waals surface area contributed by atoms with Gasteiger partial charge in [0, 0.05) is 24.3 Å². The van der Waals surface area contributed by atoms with Crippen LogP contribution < -0.4 is 5.32 Å². The molecule has 0 spiro atoms. The molecule has 0 amide bonds. The molecule has 17 heavy (non-hydrogen) atoms. The Kier molecular flexibility index (Phi) is 2.85. The second kappa shape index (κ2) is 4.49. The molecule has 0 saturated heterocycles. The lowest BCUT2D eigenvalue weighted by Crippen LogP contribution is -2.32. The summed E-state index contributed by atoms with van der Waals surface area (Å²) in [4.78, 5) is 3.17. The first-order chi connectivity index (χ1) is 8.33. The lowest BCUT2D eigenvalue weighted by atomic mass is 10.1. The average molecular weight is 232 g/mol. The number of aromatic amines is 1. The van der Waals surface area contributed by atoms with E-state index in [2.05, 4.69) is 34.6 Å². The predicted molar refractivity (Wildman–Crippen MR) is 67.7 cm³/mol. The van der Waals surface area contributed by atoms with Gasteiger partial charge in [0.2, 0.25) is 0 Å². The van der Waals surface area contributed by atoms with E-state index in [-0.39, 0.29) is 6.04 Å². The number of benzene rings is 1. The summed E-state index contributed by atoms with van der Waals surface area (Å²) in [5.41, 5.74) is 2.37. The maximum atomic E-state index is 13.4. The van der Waals surface area contributed by atoms with Gasteiger partial charge >= 0.3 is 0 Å². The molecule has 2 aromatic rings. The highest BCUT2D eigenvalue weighted by Gasteiger charge is 2.25. The number of aromatic nitrogens is 1. The lowest BCUT2D eigenvalue weighted by Gasteiger charge is -2.14. The quantitative estimate of drug-likeness (QED) is 0.836. The molecule has 3 heteroatoms. The van der Waals surface area contributed by atoms with E-state index in [9.17, 15) is 4.39 Å². The van der Waals surface area contributed by atoms with E-state index < -0.39 is 6.17 Å². The number of rotatable bonds is 3. The molecule has 1 heterocycles. The fraction of sp³-hybridized carbons (Fsp3) is 0.429. The first kappa shape index (κ1) is 10.8. The van der Waals surface area contributed by atoms with E-state index in [0.29, 0.717) is 6.42 Å². The molecule has 2 atom stereocenters. The van der Waals surface area contributed by atoms with E-state index in [1.807, 2.05) is 6.20 Å². The van der Waals surface area contributed by atoms with Crippen LogP contribution in [-0.4, -0.2) is 17.2 Å². The van der Waals surface area contributed by atoms with Gasteiger partial charge in [0.05, 0.1) is 0 Å². The third-order valence-corrected chi connectivity index (χ3v) is 3.62. The lowest BCUT2D eigenvalue weighted by molar-refractivity contribution is 0.279. The van der Waals surface area contributed by atoms with Crippen LogP contribution in [0.3, 0.4) is 0 Å². The van der Waals surface area contributed by atoms with Gasteiger partial charge in [-0.3, -0.25) is 0 Å². The molecule has 1 aromatic heterocycles. The highest BCUT2D eigenvalue weighted by molar-refractivity contribution is 5.79. The van der Waals surface area contributed by atoms with Gasteiger partial charge in [-0.2, -0.15) is 0 Å². The van der Waals surface area contributed by atoms with Crippen molar-refractivity contribution in [3.05, 3.63) is 36.0 Å². The van der Waals surface area contributed by atoms with Gasteiger partial charge in [-0.25, -0.2) is 4.39 Å². The Labute approximate surface area is 100 Å². The molecule has 0 bridgehead atoms. The molecule has 1 aliphatic carbocycles. The topological polar surface area (TPSA) is 27.8 Å². The van der Waals surface area contributed by atoms with Crippen LogP contribution in [-0.2, 0) is 6.54 Å². The third-order valence-electron chi connectivity index (χ3n) is 3.62. The van der Waals surface area contributed by atoms with Gasteiger partial charge in [0.25, 0.3) is 0 Å². The maximum Gasteiger partial charge on any atom is 0.115 e. The first-order valence-corrected chi connectivity index (χ1v) is 6.26. The summed E-state index contributed by atoms with van der Waals surface area (Å²) in [6, 6.07) is 8.44. The highest BCUT2D eigenvalue weighted by Crippen LogP contribution is 2.22. The molecule has 1 fully saturated rings. The number of fused-ring (bicyclic) bond motifs is 1. The summed E-state index contributed by atoms with van der Waals surface area (Å²) in [6.07, 6.45) is 3.97. The molecule has 1 aromatic carbocycles. The van der Waals surface area contributed by atoms with E-state index in [1.54, 1.807) is 0 Å². The standard InChI is InChI=1S/C14H17FN2/c15-12-2-1-3-14(12)17-9-10-4-5-13-11(8-10)6-7-16-13/h4-8,12,14,16-17H,1-3,9H2. The fourth-order valence-electron chi connectivity index (χ4n) is 2.61. The van der Waals surface area contributed by atoms with E-state index in [0.717, 1.165) is 24.9 Å². The molecule has 3 rings (SSSR count). The normalized spacial score (nSPS) is 24.5. The van der Waals surface area contributed by atoms with Crippen molar-refractivity contribution in [1.29, 1.82) is 0 Å². The number of hydrogen-bond donors (Lipinski definition) is 2. The number of hydrogen-bond acceptors (Lipinski definition) is 1. The van der Waals surface area contributed by atoms with Crippen molar-refractivity contribution in [3.8, 4) is 0 Å². The Balaban J connectivity index is 1.67. The fourth-order valence-corrected chi connectivity index (χ4v) is 2.61. The van der Waals surface area contributed by atoms with Crippen LogP contribution in [0.4, 0.5) is 4.39 Å². The van der Waals surface area contributed by atoms with Gasteiger partial charge in [0.15, 0.2) is 0 Å². The molecule has 2 N–H and O–H groups in total. The van der Waals surface area contributed by atoms with Crippen molar-refractivity contribution in [3.63, 3.8) is 0 Å². The number of nitrogens with one attached hydrogen (secondary N) is 2. The van der Waals surface area contributed by atoms with Crippen molar-refractivity contribution in [2.24, 2.45) is 0 Å². The Morgan fingerprint density at radius 2 is 2.24 bits per heavy atom. The Bertz CT molecular complexity index is 506. The molecule has 90 valence electrons. The Morgan fingerprint density at radius 3 is 3.06 bits per heavy atom. The van der Waals surface area contributed by atoms with E-state index >= 15 is 0 Å². The van der Waals surface area contributed by atoms with Crippen LogP contribution in [0.2, 0.25) is 0 Å². The van der Waals surface area contributed by atoms with Gasteiger partial charge in [0.1, 0.15) is 6.17 Å². The van der Waals surface area contributed by atoms with E-state index in [4.69, 9.17) is 0 Å². The monoisotopic (exact) mass is 232 g/mol. The molecule has 2 nitrogen and oxygen atoms in total. The van der Waals surface area contributed by atoms with Crippen molar-refractivity contribution < 1.29 is 4.39 Å². The average Bonchev–Trinajstić information content (AvgIpc) is 2.94. The SMILES string of the molecule is FC1CCCC1NCc1ccc2[nH]ccc2c1. The summed E-state index contributed by atoms with van der Waals surface area (Å²) < 4.78 is 13.4. The molecule has 0 radical (unpaired) electrons.